The molecule has 68 heavy (non-hydrogen) atoms. The number of benzene rings is 7. The predicted molar refractivity (Wildman–Crippen MR) is 293 cm³/mol. The maximum atomic E-state index is 2.75. The standard InChI is InChI=1S/C65H69BN2/c1-39-31-46-48(62(7,8)30-29-61(46,5)6)36-53(39)68-55-37-49-47(63(9,10)38-64(49,11)12)35-51(55)66-50-28-27-41(40-21-16-15-17-22-40)32-54(50)67(56-33-42(60(2,3)4)34-57(68)59(56)66)52-26-20-25-45-58(52)43-23-18-19-24-44(43)65(45,13)14/h15-28,31-37H,29-30,38H2,1-14H3. The van der Waals surface area contributed by atoms with Gasteiger partial charge >= 0.3 is 0 Å². The molecule has 5 aliphatic rings. The lowest BCUT2D eigenvalue weighted by Gasteiger charge is -2.47. The van der Waals surface area contributed by atoms with Crippen molar-refractivity contribution >= 4 is 57.2 Å². The fraction of sp³-hybridized carbons (Fsp3) is 0.354. The van der Waals surface area contributed by atoms with Crippen molar-refractivity contribution in [3.63, 3.8) is 0 Å². The second-order valence-electron chi connectivity index (χ2n) is 25.6. The molecule has 12 rings (SSSR count). The first-order chi connectivity index (χ1) is 32.0. The summed E-state index contributed by atoms with van der Waals surface area (Å²) in [5.41, 5.74) is 28.6. The van der Waals surface area contributed by atoms with Crippen LogP contribution in [0.15, 0.2) is 127 Å². The van der Waals surface area contributed by atoms with Crippen LogP contribution in [0.2, 0.25) is 0 Å². The molecule has 0 radical (unpaired) electrons. The predicted octanol–water partition coefficient (Wildman–Crippen LogP) is 15.7. The molecule has 0 amide bonds. The van der Waals surface area contributed by atoms with Crippen LogP contribution in [-0.4, -0.2) is 6.71 Å². The second kappa shape index (κ2) is 13.9. The lowest BCUT2D eigenvalue weighted by atomic mass is 9.33. The first kappa shape index (κ1) is 43.5. The third-order valence-electron chi connectivity index (χ3n) is 17.8. The molecule has 0 aromatic heterocycles. The van der Waals surface area contributed by atoms with Crippen LogP contribution in [0, 0.1) is 6.92 Å². The van der Waals surface area contributed by atoms with Crippen molar-refractivity contribution in [2.45, 2.75) is 149 Å². The molecule has 0 atom stereocenters. The molecule has 0 N–H and O–H groups in total. The second-order valence-corrected chi connectivity index (χ2v) is 25.6. The van der Waals surface area contributed by atoms with Crippen LogP contribution >= 0.6 is 0 Å². The quantitative estimate of drug-likeness (QED) is 0.163. The Morgan fingerprint density at radius 2 is 1.00 bits per heavy atom. The van der Waals surface area contributed by atoms with Crippen LogP contribution in [0.1, 0.15) is 154 Å². The summed E-state index contributed by atoms with van der Waals surface area (Å²) in [6.45, 7) is 34.3. The van der Waals surface area contributed by atoms with E-state index in [2.05, 4.69) is 234 Å². The Bertz CT molecular complexity index is 3300. The summed E-state index contributed by atoms with van der Waals surface area (Å²) >= 11 is 0. The Hall–Kier alpha value is -5.80. The van der Waals surface area contributed by atoms with Crippen LogP contribution in [0.25, 0.3) is 22.3 Å². The normalized spacial score (nSPS) is 19.1. The van der Waals surface area contributed by atoms with E-state index in [9.17, 15) is 0 Å². The summed E-state index contributed by atoms with van der Waals surface area (Å²) in [4.78, 5) is 5.46. The van der Waals surface area contributed by atoms with Gasteiger partial charge in [-0.1, -0.05) is 181 Å². The van der Waals surface area contributed by atoms with Crippen molar-refractivity contribution in [2.24, 2.45) is 0 Å². The van der Waals surface area contributed by atoms with E-state index < -0.39 is 0 Å². The summed E-state index contributed by atoms with van der Waals surface area (Å²) in [5, 5.41) is 0. The topological polar surface area (TPSA) is 6.48 Å². The molecule has 342 valence electrons. The van der Waals surface area contributed by atoms with Gasteiger partial charge in [0.2, 0.25) is 0 Å². The number of hydrogen-bond acceptors (Lipinski definition) is 2. The monoisotopic (exact) mass is 889 g/mol. The van der Waals surface area contributed by atoms with E-state index in [0.717, 1.165) is 6.42 Å². The molecule has 0 saturated carbocycles. The summed E-state index contributed by atoms with van der Waals surface area (Å²) in [6, 6.07) is 50.5. The number of nitrogens with zero attached hydrogens (tertiary/aromatic N) is 2. The van der Waals surface area contributed by atoms with E-state index >= 15 is 0 Å². The van der Waals surface area contributed by atoms with Gasteiger partial charge in [-0.3, -0.25) is 0 Å². The fourth-order valence-electron chi connectivity index (χ4n) is 14.1. The van der Waals surface area contributed by atoms with Crippen LogP contribution in [0.5, 0.6) is 0 Å². The van der Waals surface area contributed by atoms with Crippen molar-refractivity contribution in [3.05, 3.63) is 172 Å². The molecule has 7 aromatic carbocycles. The minimum Gasteiger partial charge on any atom is -0.311 e. The molecule has 7 aromatic rings. The Morgan fingerprint density at radius 1 is 0.441 bits per heavy atom. The maximum Gasteiger partial charge on any atom is 0.252 e. The number of rotatable bonds is 3. The summed E-state index contributed by atoms with van der Waals surface area (Å²) in [5.74, 6) is 0. The van der Waals surface area contributed by atoms with E-state index in [-0.39, 0.29) is 39.2 Å². The van der Waals surface area contributed by atoms with Crippen LogP contribution in [0.3, 0.4) is 0 Å². The summed E-state index contributed by atoms with van der Waals surface area (Å²) in [7, 11) is 0. The number of fused-ring (bicyclic) bond motifs is 9. The minimum absolute atomic E-state index is 0.0231. The van der Waals surface area contributed by atoms with Gasteiger partial charge in [-0.25, -0.2) is 0 Å². The highest BCUT2D eigenvalue weighted by Gasteiger charge is 2.50. The third-order valence-corrected chi connectivity index (χ3v) is 17.8. The van der Waals surface area contributed by atoms with Crippen LogP contribution in [0.4, 0.5) is 34.1 Å². The van der Waals surface area contributed by atoms with E-state index in [4.69, 9.17) is 0 Å². The number of hydrogen-bond donors (Lipinski definition) is 0. The molecular weight excluding hydrogens is 820 g/mol. The van der Waals surface area contributed by atoms with E-state index in [1.54, 1.807) is 0 Å². The van der Waals surface area contributed by atoms with Crippen molar-refractivity contribution in [1.29, 1.82) is 0 Å². The van der Waals surface area contributed by atoms with Gasteiger partial charge in [-0.05, 0) is 167 Å². The van der Waals surface area contributed by atoms with Gasteiger partial charge in [-0.15, -0.1) is 0 Å². The minimum atomic E-state index is -0.134. The summed E-state index contributed by atoms with van der Waals surface area (Å²) < 4.78 is 0. The van der Waals surface area contributed by atoms with Crippen LogP contribution < -0.4 is 26.2 Å². The molecular formula is C65H69BN2. The smallest absolute Gasteiger partial charge is 0.252 e. The lowest BCUT2D eigenvalue weighted by Crippen LogP contribution is -2.61. The first-order valence-corrected chi connectivity index (χ1v) is 25.6. The molecule has 2 nitrogen and oxygen atoms in total. The van der Waals surface area contributed by atoms with Crippen molar-refractivity contribution < 1.29 is 0 Å². The Morgan fingerprint density at radius 3 is 1.68 bits per heavy atom. The molecule has 3 heteroatoms. The van der Waals surface area contributed by atoms with Gasteiger partial charge in [0.25, 0.3) is 6.71 Å². The van der Waals surface area contributed by atoms with Gasteiger partial charge in [0, 0.05) is 39.4 Å². The maximum absolute atomic E-state index is 2.75. The first-order valence-electron chi connectivity index (χ1n) is 25.6. The summed E-state index contributed by atoms with van der Waals surface area (Å²) in [6.07, 6.45) is 3.50. The highest BCUT2D eigenvalue weighted by molar-refractivity contribution is 7.00. The van der Waals surface area contributed by atoms with Gasteiger partial charge in [0.15, 0.2) is 0 Å². The highest BCUT2D eigenvalue weighted by atomic mass is 15.2. The molecule has 0 bridgehead atoms. The van der Waals surface area contributed by atoms with Gasteiger partial charge in [0.1, 0.15) is 0 Å². The van der Waals surface area contributed by atoms with Crippen molar-refractivity contribution in [3.8, 4) is 22.3 Å². The average molecular weight is 889 g/mol. The largest absolute Gasteiger partial charge is 0.311 e. The molecule has 3 aliphatic carbocycles. The van der Waals surface area contributed by atoms with Crippen molar-refractivity contribution in [2.75, 3.05) is 9.80 Å². The fourth-order valence-corrected chi connectivity index (χ4v) is 14.1. The van der Waals surface area contributed by atoms with E-state index in [1.165, 1.54) is 130 Å². The lowest BCUT2D eigenvalue weighted by molar-refractivity contribution is 0.332. The zero-order valence-corrected chi connectivity index (χ0v) is 43.2. The Balaban J connectivity index is 1.24. The van der Waals surface area contributed by atoms with Gasteiger partial charge < -0.3 is 9.80 Å². The molecule has 0 spiro atoms. The van der Waals surface area contributed by atoms with E-state index in [1.807, 2.05) is 0 Å². The van der Waals surface area contributed by atoms with Crippen LogP contribution in [-0.2, 0) is 32.5 Å². The molecule has 2 aliphatic heterocycles. The Kier molecular flexibility index (Phi) is 8.91. The number of anilines is 6. The molecule has 0 fully saturated rings. The zero-order valence-electron chi connectivity index (χ0n) is 43.2. The van der Waals surface area contributed by atoms with Gasteiger partial charge in [-0.2, -0.15) is 0 Å². The molecule has 2 heterocycles. The molecule has 0 saturated heterocycles. The van der Waals surface area contributed by atoms with Gasteiger partial charge in [0.05, 0.1) is 5.69 Å². The van der Waals surface area contributed by atoms with Crippen molar-refractivity contribution in [1.82, 2.24) is 0 Å². The highest BCUT2D eigenvalue weighted by Crippen LogP contribution is 2.58. The average Bonchev–Trinajstić information content (AvgIpc) is 3.63. The third kappa shape index (κ3) is 6.02. The van der Waals surface area contributed by atoms with E-state index in [0.29, 0.717) is 0 Å². The number of aryl methyl sites for hydroxylation is 1. The zero-order chi connectivity index (χ0) is 47.8. The SMILES string of the molecule is Cc1cc2c(cc1N1c3cc4c(cc3B3c5ccc(-c6ccccc6)cc5N(c5cccc6c5-c5ccccc5C6(C)C)c5cc(C(C)(C)C)cc1c53)C(C)(C)CC4(C)C)C(C)(C)CCC2(C)C. The molecule has 0 unspecified atom stereocenters. The Labute approximate surface area is 407 Å².